The Balaban J connectivity index is 1.73. The number of aliphatic hydroxyl groups is 1. The molecule has 0 bridgehead atoms. The molecular weight excluding hydrogens is 238 g/mol. The van der Waals surface area contributed by atoms with Crippen LogP contribution in [-0.2, 0) is 0 Å². The SMILES string of the molecule is Cc1ccccc1OCC(O)CNC1(C)CCCC1. The molecule has 1 aliphatic rings. The minimum absolute atomic E-state index is 0.212. The molecule has 0 spiro atoms. The lowest BCUT2D eigenvalue weighted by molar-refractivity contribution is 0.0976. The molecule has 0 saturated heterocycles. The number of β-amino-alcohol motifs (C(OH)–C–C–N with tert-alkyl or cyclic N) is 1. The van der Waals surface area contributed by atoms with Gasteiger partial charge in [-0.15, -0.1) is 0 Å². The lowest BCUT2D eigenvalue weighted by Gasteiger charge is -2.27. The lowest BCUT2D eigenvalue weighted by atomic mass is 10.0. The van der Waals surface area contributed by atoms with E-state index >= 15 is 0 Å². The highest BCUT2D eigenvalue weighted by atomic mass is 16.5. The van der Waals surface area contributed by atoms with Crippen molar-refractivity contribution in [1.82, 2.24) is 5.32 Å². The molecule has 1 aromatic carbocycles. The predicted molar refractivity (Wildman–Crippen MR) is 77.6 cm³/mol. The summed E-state index contributed by atoms with van der Waals surface area (Å²) in [6, 6.07) is 7.89. The first-order valence-corrected chi connectivity index (χ1v) is 7.21. The minimum atomic E-state index is -0.461. The van der Waals surface area contributed by atoms with Crippen LogP contribution in [0.4, 0.5) is 0 Å². The fourth-order valence-corrected chi connectivity index (χ4v) is 2.66. The van der Waals surface area contributed by atoms with Gasteiger partial charge in [0.05, 0.1) is 0 Å². The fourth-order valence-electron chi connectivity index (χ4n) is 2.66. The largest absolute Gasteiger partial charge is 0.491 e. The number of aryl methyl sites for hydroxylation is 1. The minimum Gasteiger partial charge on any atom is -0.491 e. The van der Waals surface area contributed by atoms with Crippen molar-refractivity contribution < 1.29 is 9.84 Å². The van der Waals surface area contributed by atoms with E-state index in [0.717, 1.165) is 11.3 Å². The first-order valence-electron chi connectivity index (χ1n) is 7.21. The quantitative estimate of drug-likeness (QED) is 0.829. The molecule has 19 heavy (non-hydrogen) atoms. The van der Waals surface area contributed by atoms with Crippen LogP contribution in [0.1, 0.15) is 38.2 Å². The monoisotopic (exact) mass is 263 g/mol. The first kappa shape index (κ1) is 14.4. The third kappa shape index (κ3) is 4.22. The summed E-state index contributed by atoms with van der Waals surface area (Å²) in [6.07, 6.45) is 4.53. The molecule has 1 aromatic rings. The van der Waals surface area contributed by atoms with E-state index in [4.69, 9.17) is 4.74 Å². The van der Waals surface area contributed by atoms with Gasteiger partial charge < -0.3 is 15.2 Å². The predicted octanol–water partition coefficient (Wildman–Crippen LogP) is 2.66. The third-order valence-corrected chi connectivity index (χ3v) is 4.00. The number of ether oxygens (including phenoxy) is 1. The molecule has 106 valence electrons. The molecule has 3 nitrogen and oxygen atoms in total. The normalized spacial score (nSPS) is 19.3. The molecule has 2 rings (SSSR count). The van der Waals surface area contributed by atoms with Crippen molar-refractivity contribution in [3.63, 3.8) is 0 Å². The molecule has 1 aliphatic carbocycles. The number of hydrogen-bond donors (Lipinski definition) is 2. The average Bonchev–Trinajstić information content (AvgIpc) is 2.83. The van der Waals surface area contributed by atoms with Crippen molar-refractivity contribution in [2.75, 3.05) is 13.2 Å². The van der Waals surface area contributed by atoms with Crippen LogP contribution in [0.15, 0.2) is 24.3 Å². The Hall–Kier alpha value is -1.06. The van der Waals surface area contributed by atoms with E-state index < -0.39 is 6.10 Å². The van der Waals surface area contributed by atoms with Gasteiger partial charge in [-0.1, -0.05) is 31.0 Å². The summed E-state index contributed by atoms with van der Waals surface area (Å²) in [4.78, 5) is 0. The Morgan fingerprint density at radius 1 is 1.32 bits per heavy atom. The zero-order chi connectivity index (χ0) is 13.7. The molecule has 0 aromatic heterocycles. The topological polar surface area (TPSA) is 41.5 Å². The van der Waals surface area contributed by atoms with Gasteiger partial charge in [0.25, 0.3) is 0 Å². The number of aliphatic hydroxyl groups excluding tert-OH is 1. The maximum atomic E-state index is 9.99. The average molecular weight is 263 g/mol. The second kappa shape index (κ2) is 6.40. The highest BCUT2D eigenvalue weighted by molar-refractivity contribution is 5.31. The zero-order valence-electron chi connectivity index (χ0n) is 12.0. The van der Waals surface area contributed by atoms with Crippen molar-refractivity contribution in [2.45, 2.75) is 51.2 Å². The van der Waals surface area contributed by atoms with Gasteiger partial charge in [0, 0.05) is 12.1 Å². The molecule has 1 fully saturated rings. The van der Waals surface area contributed by atoms with Gasteiger partial charge in [-0.05, 0) is 38.3 Å². The van der Waals surface area contributed by atoms with Gasteiger partial charge in [0.2, 0.25) is 0 Å². The Morgan fingerprint density at radius 2 is 2.00 bits per heavy atom. The summed E-state index contributed by atoms with van der Waals surface area (Å²) in [6.45, 7) is 5.20. The van der Waals surface area contributed by atoms with Crippen LogP contribution in [0, 0.1) is 6.92 Å². The summed E-state index contributed by atoms with van der Waals surface area (Å²) >= 11 is 0. The molecule has 2 N–H and O–H groups in total. The van der Waals surface area contributed by atoms with Crippen molar-refractivity contribution >= 4 is 0 Å². The highest BCUT2D eigenvalue weighted by Gasteiger charge is 2.28. The van der Waals surface area contributed by atoms with E-state index in [1.165, 1.54) is 25.7 Å². The molecule has 0 heterocycles. The third-order valence-electron chi connectivity index (χ3n) is 4.00. The van der Waals surface area contributed by atoms with Crippen LogP contribution in [0.3, 0.4) is 0 Å². The van der Waals surface area contributed by atoms with Crippen LogP contribution >= 0.6 is 0 Å². The zero-order valence-corrected chi connectivity index (χ0v) is 12.0. The van der Waals surface area contributed by atoms with Gasteiger partial charge in [0.15, 0.2) is 0 Å². The summed E-state index contributed by atoms with van der Waals surface area (Å²) in [5.74, 6) is 0.855. The Bertz CT molecular complexity index is 399. The first-order chi connectivity index (χ1) is 9.09. The molecule has 0 amide bonds. The van der Waals surface area contributed by atoms with Gasteiger partial charge in [0.1, 0.15) is 18.5 Å². The van der Waals surface area contributed by atoms with Crippen LogP contribution in [-0.4, -0.2) is 29.9 Å². The summed E-state index contributed by atoms with van der Waals surface area (Å²) in [5.41, 5.74) is 1.31. The highest BCUT2D eigenvalue weighted by Crippen LogP contribution is 2.28. The molecular formula is C16H25NO2. The van der Waals surface area contributed by atoms with Crippen molar-refractivity contribution in [2.24, 2.45) is 0 Å². The molecule has 1 atom stereocenters. The maximum Gasteiger partial charge on any atom is 0.122 e. The maximum absolute atomic E-state index is 9.99. The van der Waals surface area contributed by atoms with Crippen LogP contribution < -0.4 is 10.1 Å². The van der Waals surface area contributed by atoms with Gasteiger partial charge in [-0.25, -0.2) is 0 Å². The van der Waals surface area contributed by atoms with E-state index in [9.17, 15) is 5.11 Å². The van der Waals surface area contributed by atoms with Gasteiger partial charge >= 0.3 is 0 Å². The van der Waals surface area contributed by atoms with Gasteiger partial charge in [-0.3, -0.25) is 0 Å². The van der Waals surface area contributed by atoms with E-state index in [1.807, 2.05) is 31.2 Å². The fraction of sp³-hybridized carbons (Fsp3) is 0.625. The number of hydrogen-bond acceptors (Lipinski definition) is 3. The molecule has 0 radical (unpaired) electrons. The van der Waals surface area contributed by atoms with Gasteiger partial charge in [-0.2, -0.15) is 0 Å². The lowest BCUT2D eigenvalue weighted by Crippen LogP contribution is -2.44. The second-order valence-electron chi connectivity index (χ2n) is 5.88. The summed E-state index contributed by atoms with van der Waals surface area (Å²) < 4.78 is 5.66. The van der Waals surface area contributed by atoms with Crippen LogP contribution in [0.25, 0.3) is 0 Å². The van der Waals surface area contributed by atoms with E-state index in [-0.39, 0.29) is 5.54 Å². The number of para-hydroxylation sites is 1. The Kier molecular flexibility index (Phi) is 4.83. The molecule has 1 saturated carbocycles. The summed E-state index contributed by atoms with van der Waals surface area (Å²) in [5, 5.41) is 13.5. The molecule has 1 unspecified atom stereocenters. The Labute approximate surface area is 116 Å². The molecule has 3 heteroatoms. The molecule has 0 aliphatic heterocycles. The van der Waals surface area contributed by atoms with E-state index in [0.29, 0.717) is 13.2 Å². The van der Waals surface area contributed by atoms with E-state index in [1.54, 1.807) is 0 Å². The number of benzene rings is 1. The van der Waals surface area contributed by atoms with Crippen molar-refractivity contribution in [3.8, 4) is 5.75 Å². The van der Waals surface area contributed by atoms with Crippen molar-refractivity contribution in [3.05, 3.63) is 29.8 Å². The smallest absolute Gasteiger partial charge is 0.122 e. The second-order valence-corrected chi connectivity index (χ2v) is 5.88. The summed E-state index contributed by atoms with van der Waals surface area (Å²) in [7, 11) is 0. The standard InChI is InChI=1S/C16H25NO2/c1-13-7-3-4-8-15(13)19-12-14(18)11-17-16(2)9-5-6-10-16/h3-4,7-8,14,17-18H,5-6,9-12H2,1-2H3. The van der Waals surface area contributed by atoms with E-state index in [2.05, 4.69) is 12.2 Å². The Morgan fingerprint density at radius 3 is 2.68 bits per heavy atom. The van der Waals surface area contributed by atoms with Crippen molar-refractivity contribution in [1.29, 1.82) is 0 Å². The number of rotatable bonds is 6. The number of nitrogens with one attached hydrogen (secondary N) is 1. The van der Waals surface area contributed by atoms with Crippen LogP contribution in [0.5, 0.6) is 5.75 Å². The van der Waals surface area contributed by atoms with Crippen LogP contribution in [0.2, 0.25) is 0 Å².